The van der Waals surface area contributed by atoms with Crippen LogP contribution in [0, 0.1) is 11.8 Å². The van der Waals surface area contributed by atoms with Crippen LogP contribution in [0.2, 0.25) is 5.02 Å². The fourth-order valence-electron chi connectivity index (χ4n) is 2.98. The van der Waals surface area contributed by atoms with Crippen molar-refractivity contribution in [3.63, 3.8) is 0 Å². The Morgan fingerprint density at radius 1 is 1.08 bits per heavy atom. The lowest BCUT2D eigenvalue weighted by Gasteiger charge is -2.15. The van der Waals surface area contributed by atoms with Crippen molar-refractivity contribution in [2.45, 2.75) is 45.6 Å². The normalized spacial score (nSPS) is 18.5. The third kappa shape index (κ3) is 4.52. The number of benzene rings is 1. The number of hydrogen-bond acceptors (Lipinski definition) is 5. The van der Waals surface area contributed by atoms with Crippen LogP contribution in [0.15, 0.2) is 36.0 Å². The molecule has 1 heterocycles. The standard InChI is InChI=1S/C20H24ClN5/c1-12(11-14-3-4-14)22-19-24-18(16-7-9-17(21)10-8-16)25-20(26-19)23-13(2)15-5-6-15/h7-11,13-15H,3-6H2,1-2H3,(H2,22,23,24,25,26)/t13-/m1/s1. The van der Waals surface area contributed by atoms with Crippen molar-refractivity contribution in [1.29, 1.82) is 0 Å². The number of hydrogen-bond donors (Lipinski definition) is 2. The number of allylic oxidation sites excluding steroid dienone is 2. The summed E-state index contributed by atoms with van der Waals surface area (Å²) in [4.78, 5) is 13.8. The minimum Gasteiger partial charge on any atom is -0.351 e. The third-order valence-electron chi connectivity index (χ3n) is 4.84. The summed E-state index contributed by atoms with van der Waals surface area (Å²) in [6.45, 7) is 4.25. The number of nitrogens with one attached hydrogen (secondary N) is 2. The van der Waals surface area contributed by atoms with Crippen LogP contribution < -0.4 is 10.6 Å². The van der Waals surface area contributed by atoms with Gasteiger partial charge in [0.1, 0.15) is 0 Å². The van der Waals surface area contributed by atoms with Crippen molar-refractivity contribution in [2.24, 2.45) is 11.8 Å². The molecule has 0 saturated heterocycles. The van der Waals surface area contributed by atoms with Gasteiger partial charge in [-0.3, -0.25) is 0 Å². The molecular formula is C20H24ClN5. The second-order valence-electron chi connectivity index (χ2n) is 7.40. The lowest BCUT2D eigenvalue weighted by atomic mass is 10.2. The molecule has 2 saturated carbocycles. The van der Waals surface area contributed by atoms with Crippen LogP contribution in [0.3, 0.4) is 0 Å². The second-order valence-corrected chi connectivity index (χ2v) is 7.83. The Morgan fingerprint density at radius 3 is 2.42 bits per heavy atom. The highest BCUT2D eigenvalue weighted by molar-refractivity contribution is 6.30. The molecule has 2 fully saturated rings. The molecule has 0 unspecified atom stereocenters. The van der Waals surface area contributed by atoms with E-state index in [-0.39, 0.29) is 0 Å². The Morgan fingerprint density at radius 2 is 1.77 bits per heavy atom. The van der Waals surface area contributed by atoms with Crippen LogP contribution in [-0.2, 0) is 0 Å². The Bertz CT molecular complexity index is 809. The molecule has 136 valence electrons. The zero-order valence-corrected chi connectivity index (χ0v) is 15.9. The highest BCUT2D eigenvalue weighted by Gasteiger charge is 2.28. The van der Waals surface area contributed by atoms with Crippen LogP contribution in [0.25, 0.3) is 11.4 Å². The molecule has 0 radical (unpaired) electrons. The van der Waals surface area contributed by atoms with Gasteiger partial charge in [-0.05, 0) is 75.6 Å². The van der Waals surface area contributed by atoms with Crippen LogP contribution in [-0.4, -0.2) is 21.0 Å². The van der Waals surface area contributed by atoms with Gasteiger partial charge in [-0.2, -0.15) is 15.0 Å². The van der Waals surface area contributed by atoms with E-state index in [2.05, 4.69) is 45.5 Å². The summed E-state index contributed by atoms with van der Waals surface area (Å²) in [6.07, 6.45) is 7.36. The maximum Gasteiger partial charge on any atom is 0.232 e. The van der Waals surface area contributed by atoms with E-state index in [1.807, 2.05) is 24.3 Å². The summed E-state index contributed by atoms with van der Waals surface area (Å²) >= 11 is 6.01. The first-order chi connectivity index (χ1) is 12.6. The second kappa shape index (κ2) is 7.23. The van der Waals surface area contributed by atoms with Crippen molar-refractivity contribution in [2.75, 3.05) is 10.6 Å². The van der Waals surface area contributed by atoms with Crippen LogP contribution in [0.4, 0.5) is 11.9 Å². The average molecular weight is 370 g/mol. The van der Waals surface area contributed by atoms with Crippen molar-refractivity contribution < 1.29 is 0 Å². The molecular weight excluding hydrogens is 346 g/mol. The van der Waals surface area contributed by atoms with Gasteiger partial charge < -0.3 is 10.6 Å². The number of halogens is 1. The maximum atomic E-state index is 6.01. The predicted octanol–water partition coefficient (Wildman–Crippen LogP) is 5.13. The largest absolute Gasteiger partial charge is 0.351 e. The predicted molar refractivity (Wildman–Crippen MR) is 106 cm³/mol. The smallest absolute Gasteiger partial charge is 0.232 e. The fraction of sp³-hybridized carbons (Fsp3) is 0.450. The van der Waals surface area contributed by atoms with Gasteiger partial charge in [-0.1, -0.05) is 17.7 Å². The Hall–Kier alpha value is -2.14. The summed E-state index contributed by atoms with van der Waals surface area (Å²) in [5.74, 6) is 3.26. The first-order valence-electron chi connectivity index (χ1n) is 9.31. The van der Waals surface area contributed by atoms with E-state index in [1.54, 1.807) is 0 Å². The Kier molecular flexibility index (Phi) is 4.81. The van der Waals surface area contributed by atoms with Gasteiger partial charge in [0.2, 0.25) is 11.9 Å². The van der Waals surface area contributed by atoms with Crippen molar-refractivity contribution in [3.05, 3.63) is 41.1 Å². The van der Waals surface area contributed by atoms with Crippen LogP contribution >= 0.6 is 11.6 Å². The Balaban J connectivity index is 1.62. The molecule has 1 aromatic carbocycles. The van der Waals surface area contributed by atoms with Gasteiger partial charge in [-0.15, -0.1) is 0 Å². The third-order valence-corrected chi connectivity index (χ3v) is 5.09. The van der Waals surface area contributed by atoms with E-state index in [4.69, 9.17) is 11.6 Å². The molecule has 0 aliphatic heterocycles. The summed E-state index contributed by atoms with van der Waals surface area (Å²) < 4.78 is 0. The number of nitrogens with zero attached hydrogens (tertiary/aromatic N) is 3. The zero-order valence-electron chi connectivity index (χ0n) is 15.2. The molecule has 4 rings (SSSR count). The molecule has 6 heteroatoms. The molecule has 2 aliphatic rings. The SMILES string of the molecule is CC(=CC1CC1)Nc1nc(N[C@H](C)C2CC2)nc(-c2ccc(Cl)cc2)n1. The number of anilines is 2. The van der Waals surface area contributed by atoms with Gasteiger partial charge in [-0.25, -0.2) is 0 Å². The molecule has 26 heavy (non-hydrogen) atoms. The first-order valence-corrected chi connectivity index (χ1v) is 9.68. The van der Waals surface area contributed by atoms with Crippen LogP contribution in [0.5, 0.6) is 0 Å². The molecule has 0 bridgehead atoms. The zero-order chi connectivity index (χ0) is 18.1. The van der Waals surface area contributed by atoms with Gasteiger partial charge >= 0.3 is 0 Å². The lowest BCUT2D eigenvalue weighted by Crippen LogP contribution is -2.20. The van der Waals surface area contributed by atoms with Crippen LogP contribution in [0.1, 0.15) is 39.5 Å². The fourth-order valence-corrected chi connectivity index (χ4v) is 3.10. The summed E-state index contributed by atoms with van der Waals surface area (Å²) in [6, 6.07) is 7.94. The summed E-state index contributed by atoms with van der Waals surface area (Å²) in [5.41, 5.74) is 2.01. The molecule has 2 N–H and O–H groups in total. The lowest BCUT2D eigenvalue weighted by molar-refractivity contribution is 0.685. The molecule has 1 aromatic heterocycles. The molecule has 5 nitrogen and oxygen atoms in total. The van der Waals surface area contributed by atoms with Gasteiger partial charge in [0.05, 0.1) is 0 Å². The van der Waals surface area contributed by atoms with E-state index in [0.717, 1.165) is 17.2 Å². The molecule has 2 aliphatic carbocycles. The van der Waals surface area contributed by atoms with E-state index in [1.165, 1.54) is 25.7 Å². The van der Waals surface area contributed by atoms with Gasteiger partial charge in [0.15, 0.2) is 5.82 Å². The molecule has 1 atom stereocenters. The Labute approximate surface area is 159 Å². The van der Waals surface area contributed by atoms with E-state index in [0.29, 0.717) is 34.7 Å². The van der Waals surface area contributed by atoms with Gasteiger partial charge in [0, 0.05) is 22.3 Å². The van der Waals surface area contributed by atoms with Crippen molar-refractivity contribution in [3.8, 4) is 11.4 Å². The number of aromatic nitrogens is 3. The number of rotatable bonds is 7. The molecule has 0 amide bonds. The average Bonchev–Trinajstić information content (AvgIpc) is 3.49. The topological polar surface area (TPSA) is 62.7 Å². The highest BCUT2D eigenvalue weighted by Crippen LogP contribution is 2.34. The minimum atomic E-state index is 0.367. The van der Waals surface area contributed by atoms with E-state index < -0.39 is 0 Å². The first kappa shape index (κ1) is 17.3. The molecule has 0 spiro atoms. The minimum absolute atomic E-state index is 0.367. The van der Waals surface area contributed by atoms with Crippen molar-refractivity contribution in [1.82, 2.24) is 15.0 Å². The van der Waals surface area contributed by atoms with Gasteiger partial charge in [0.25, 0.3) is 0 Å². The quantitative estimate of drug-likeness (QED) is 0.708. The maximum absolute atomic E-state index is 6.01. The summed E-state index contributed by atoms with van der Waals surface area (Å²) in [7, 11) is 0. The van der Waals surface area contributed by atoms with Crippen molar-refractivity contribution >= 4 is 23.5 Å². The monoisotopic (exact) mass is 369 g/mol. The van der Waals surface area contributed by atoms with E-state index >= 15 is 0 Å². The summed E-state index contributed by atoms with van der Waals surface area (Å²) in [5, 5.41) is 7.47. The highest BCUT2D eigenvalue weighted by atomic mass is 35.5. The van der Waals surface area contributed by atoms with E-state index in [9.17, 15) is 0 Å². The molecule has 2 aromatic rings.